The fourth-order valence-electron chi connectivity index (χ4n) is 7.39. The van der Waals surface area contributed by atoms with Gasteiger partial charge in [0, 0.05) is 19.4 Å². The van der Waals surface area contributed by atoms with Crippen LogP contribution in [0.4, 0.5) is 13.2 Å². The standard InChI is InChI=1S/C50H94N6O6.C2HF3O2/c1-5-7-9-11-13-15-17-19-21-23-25-27-29-31-33-36-46(58)61-43-45(42-56(3,4)41-40-54-48(60)50(53,44-57)38-35-39-55-49(51)52)62-47(59)37-34-32-30-28-26-24-22-20-18-16-14-12-10-8-6-2;3-2(4,5)1(6)7/h19-22,44-45H,5-18,23-43,53H2,1-4H3,(H4-,51,52,54,55,60);(H,6,7)/b21-19-,22-20-;/t45?,50-;/m0./s1. The molecule has 0 saturated heterocycles. The first-order valence-electron chi connectivity index (χ1n) is 26.2. The third-order valence-corrected chi connectivity index (χ3v) is 11.6. The number of allylic oxidation sites excluding steroid dienone is 4. The van der Waals surface area contributed by atoms with Crippen molar-refractivity contribution in [2.75, 3.05) is 46.9 Å². The zero-order valence-corrected chi connectivity index (χ0v) is 43.2. The van der Waals surface area contributed by atoms with Gasteiger partial charge in [-0.25, -0.2) is 0 Å². The Morgan fingerprint density at radius 3 is 1.48 bits per heavy atom. The van der Waals surface area contributed by atoms with Crippen molar-refractivity contribution in [3.05, 3.63) is 24.3 Å². The number of hydrogen-bond acceptors (Lipinski definition) is 10. The van der Waals surface area contributed by atoms with E-state index < -0.39 is 29.7 Å². The summed E-state index contributed by atoms with van der Waals surface area (Å²) in [7, 11) is 3.91. The van der Waals surface area contributed by atoms with Crippen LogP contribution >= 0.6 is 0 Å². The molecule has 0 aliphatic rings. The summed E-state index contributed by atoms with van der Waals surface area (Å²) in [6.07, 6.45) is 35.8. The Kier molecular flexibility index (Phi) is 42.8. The number of amides is 1. The minimum Gasteiger partial charge on any atom is -0.542 e. The van der Waals surface area contributed by atoms with Gasteiger partial charge in [0.2, 0.25) is 5.91 Å². The number of carbonyl (C=O) groups excluding carboxylic acids is 5. The second-order valence-electron chi connectivity index (χ2n) is 18.9. The predicted octanol–water partition coefficient (Wildman–Crippen LogP) is 8.96. The number of nitrogens with one attached hydrogen (secondary N) is 1. The van der Waals surface area contributed by atoms with Crippen molar-refractivity contribution in [2.45, 2.75) is 224 Å². The van der Waals surface area contributed by atoms with Crippen LogP contribution in [0.5, 0.6) is 0 Å². The van der Waals surface area contributed by atoms with Gasteiger partial charge in [-0.15, -0.1) is 0 Å². The molecular weight excluding hydrogens is 894 g/mol. The Hall–Kier alpha value is -3.99. The molecule has 0 saturated carbocycles. The lowest BCUT2D eigenvalue weighted by Crippen LogP contribution is -2.57. The minimum atomic E-state index is -5.19. The number of aliphatic carboxylic acids is 1. The number of ether oxygens (including phenoxy) is 2. The summed E-state index contributed by atoms with van der Waals surface area (Å²) in [6.45, 7) is 5.80. The lowest BCUT2D eigenvalue weighted by atomic mass is 9.95. The molecule has 2 atom stereocenters. The summed E-state index contributed by atoms with van der Waals surface area (Å²) in [5.41, 5.74) is 15.1. The molecule has 1 unspecified atom stereocenters. The zero-order chi connectivity index (χ0) is 52.1. The molecule has 0 radical (unpaired) electrons. The smallest absolute Gasteiger partial charge is 0.430 e. The number of esters is 2. The van der Waals surface area contributed by atoms with E-state index in [1.807, 2.05) is 14.1 Å². The van der Waals surface area contributed by atoms with E-state index in [-0.39, 0.29) is 44.0 Å². The van der Waals surface area contributed by atoms with E-state index in [2.05, 4.69) is 48.5 Å². The predicted molar refractivity (Wildman–Crippen MR) is 269 cm³/mol. The summed E-state index contributed by atoms with van der Waals surface area (Å²) in [5, 5.41) is 11.6. The Bertz CT molecular complexity index is 1420. The molecule has 0 aromatic heterocycles. The number of halogens is 3. The number of nitrogens with zero attached hydrogens (tertiary/aromatic N) is 2. The number of aldehydes is 1. The molecule has 17 heteroatoms. The number of carboxylic acid groups (broad SMARTS) is 1. The maximum atomic E-state index is 13.0. The number of unbranched alkanes of at least 4 members (excludes halogenated alkanes) is 22. The zero-order valence-electron chi connectivity index (χ0n) is 43.2. The highest BCUT2D eigenvalue weighted by molar-refractivity contribution is 6.01. The second-order valence-corrected chi connectivity index (χ2v) is 18.9. The van der Waals surface area contributed by atoms with Crippen LogP contribution in [0.15, 0.2) is 29.3 Å². The third-order valence-electron chi connectivity index (χ3n) is 11.6. The van der Waals surface area contributed by atoms with Crippen molar-refractivity contribution in [3.63, 3.8) is 0 Å². The van der Waals surface area contributed by atoms with Gasteiger partial charge in [0.1, 0.15) is 25.4 Å². The molecule has 1 amide bonds. The number of guanidine groups is 1. The average Bonchev–Trinajstić information content (AvgIpc) is 3.29. The number of quaternary nitrogens is 1. The summed E-state index contributed by atoms with van der Waals surface area (Å²) in [4.78, 5) is 63.1. The highest BCUT2D eigenvalue weighted by Gasteiger charge is 2.34. The summed E-state index contributed by atoms with van der Waals surface area (Å²) < 4.78 is 43.5. The molecular formula is C52H95F3N6O8. The van der Waals surface area contributed by atoms with E-state index in [1.54, 1.807) is 0 Å². The highest BCUT2D eigenvalue weighted by Crippen LogP contribution is 2.15. The largest absolute Gasteiger partial charge is 0.542 e. The van der Waals surface area contributed by atoms with Crippen molar-refractivity contribution in [3.8, 4) is 0 Å². The minimum absolute atomic E-state index is 0.0249. The molecule has 0 rings (SSSR count). The Morgan fingerprint density at radius 2 is 1.07 bits per heavy atom. The van der Waals surface area contributed by atoms with Gasteiger partial charge < -0.3 is 51.2 Å². The number of aliphatic imine (C=N–C) groups is 1. The number of carboxylic acids is 1. The first-order chi connectivity index (χ1) is 32.8. The lowest BCUT2D eigenvalue weighted by Gasteiger charge is -2.33. The van der Waals surface area contributed by atoms with Crippen LogP contribution in [0.2, 0.25) is 0 Å². The van der Waals surface area contributed by atoms with Gasteiger partial charge in [-0.05, 0) is 77.0 Å². The average molecular weight is 989 g/mol. The van der Waals surface area contributed by atoms with Gasteiger partial charge >= 0.3 is 18.1 Å². The normalized spacial score (nSPS) is 13.0. The van der Waals surface area contributed by atoms with Crippen LogP contribution in [-0.2, 0) is 33.4 Å². The molecule has 0 aromatic rings. The number of rotatable bonds is 44. The molecule has 14 nitrogen and oxygen atoms in total. The van der Waals surface area contributed by atoms with E-state index in [9.17, 15) is 32.3 Å². The van der Waals surface area contributed by atoms with Gasteiger partial charge in [-0.3, -0.25) is 19.4 Å². The van der Waals surface area contributed by atoms with E-state index in [0.29, 0.717) is 43.1 Å². The quantitative estimate of drug-likeness (QED) is 0.00658. The van der Waals surface area contributed by atoms with Crippen molar-refractivity contribution in [1.29, 1.82) is 0 Å². The van der Waals surface area contributed by atoms with Crippen molar-refractivity contribution < 1.29 is 56.2 Å². The molecule has 0 fully saturated rings. The number of nitrogens with two attached hydrogens (primary N) is 3. The Morgan fingerprint density at radius 1 is 0.667 bits per heavy atom. The molecule has 0 heterocycles. The molecule has 402 valence electrons. The highest BCUT2D eigenvalue weighted by atomic mass is 19.4. The van der Waals surface area contributed by atoms with Crippen molar-refractivity contribution in [2.24, 2.45) is 22.2 Å². The monoisotopic (exact) mass is 989 g/mol. The number of alkyl halides is 3. The van der Waals surface area contributed by atoms with Crippen LogP contribution in [0.25, 0.3) is 0 Å². The van der Waals surface area contributed by atoms with Gasteiger partial charge in [-0.1, -0.05) is 141 Å². The van der Waals surface area contributed by atoms with Crippen LogP contribution in [0.3, 0.4) is 0 Å². The van der Waals surface area contributed by atoms with Gasteiger partial charge in [0.05, 0.1) is 27.2 Å². The van der Waals surface area contributed by atoms with Gasteiger partial charge in [0.15, 0.2) is 17.6 Å². The van der Waals surface area contributed by atoms with Crippen LogP contribution < -0.4 is 27.6 Å². The maximum absolute atomic E-state index is 13.0. The Labute approximate surface area is 414 Å². The fourth-order valence-corrected chi connectivity index (χ4v) is 7.39. The number of carbonyl (C=O) groups is 5. The molecule has 0 aromatic carbocycles. The fraction of sp³-hybridized carbons (Fsp3) is 0.808. The number of likely N-dealkylation sites (N-methyl/N-ethyl adjacent to an activating group) is 1. The lowest BCUT2D eigenvalue weighted by molar-refractivity contribution is -0.892. The topological polar surface area (TPSA) is 229 Å². The Balaban J connectivity index is 0. The first-order valence-corrected chi connectivity index (χ1v) is 26.2. The van der Waals surface area contributed by atoms with Gasteiger partial charge in [0.25, 0.3) is 0 Å². The van der Waals surface area contributed by atoms with Crippen molar-refractivity contribution in [1.82, 2.24) is 5.32 Å². The summed E-state index contributed by atoms with van der Waals surface area (Å²) in [5.74, 6) is -4.24. The molecule has 0 spiro atoms. The van der Waals surface area contributed by atoms with Crippen LogP contribution in [0.1, 0.15) is 206 Å². The molecule has 7 N–H and O–H groups in total. The number of hydrogen-bond donors (Lipinski definition) is 4. The van der Waals surface area contributed by atoms with E-state index in [1.165, 1.54) is 96.3 Å². The van der Waals surface area contributed by atoms with E-state index >= 15 is 0 Å². The van der Waals surface area contributed by atoms with E-state index in [4.69, 9.17) is 36.6 Å². The third kappa shape index (κ3) is 44.9. The summed E-state index contributed by atoms with van der Waals surface area (Å²) >= 11 is 0. The summed E-state index contributed by atoms with van der Waals surface area (Å²) in [6, 6.07) is 0. The molecule has 0 aliphatic carbocycles. The molecule has 0 bridgehead atoms. The van der Waals surface area contributed by atoms with Gasteiger partial charge in [-0.2, -0.15) is 13.2 Å². The van der Waals surface area contributed by atoms with E-state index in [0.717, 1.165) is 70.6 Å². The van der Waals surface area contributed by atoms with Crippen LogP contribution in [0, 0.1) is 0 Å². The maximum Gasteiger partial charge on any atom is 0.430 e. The van der Waals surface area contributed by atoms with Crippen molar-refractivity contribution >= 4 is 36.1 Å². The first kappa shape index (κ1) is 67.1. The second kappa shape index (κ2) is 44.0. The molecule has 0 aliphatic heterocycles. The van der Waals surface area contributed by atoms with Crippen LogP contribution in [-0.4, -0.2) is 105 Å². The molecule has 69 heavy (non-hydrogen) atoms. The SMILES string of the molecule is CCCCCCCC/C=C\CCCCCCCC(=O)OCC(C[N+](C)(C)CCNC(=O)[C@@](N)(C=O)CCCN=C(N)N)OC(=O)CCCCCCC/C=C\CCCCCCCC.O=C([O-])C(F)(F)F.